The van der Waals surface area contributed by atoms with Crippen LogP contribution in [0.5, 0.6) is 0 Å². The summed E-state index contributed by atoms with van der Waals surface area (Å²) in [6.07, 6.45) is 1.90. The Bertz CT molecular complexity index is 535. The van der Waals surface area contributed by atoms with Gasteiger partial charge in [-0.15, -0.1) is 0 Å². The minimum Gasteiger partial charge on any atom is -0.462 e. The standard InChI is InChI=1S/C17H17BrO2/c18-12-4-5-13-20-17(19)16-10-8-15(9-11-16)14-6-2-1-3-7-14/h1-3,6-11H,4-5,12-13H2. The van der Waals surface area contributed by atoms with Gasteiger partial charge in [0.25, 0.3) is 0 Å². The molecule has 0 saturated carbocycles. The number of carbonyl (C=O) groups is 1. The Morgan fingerprint density at radius 1 is 0.900 bits per heavy atom. The second-order valence-electron chi connectivity index (χ2n) is 4.48. The summed E-state index contributed by atoms with van der Waals surface area (Å²) in [5.41, 5.74) is 2.84. The number of hydrogen-bond donors (Lipinski definition) is 0. The van der Waals surface area contributed by atoms with Crippen LogP contribution < -0.4 is 0 Å². The van der Waals surface area contributed by atoms with E-state index in [0.29, 0.717) is 12.2 Å². The molecule has 20 heavy (non-hydrogen) atoms. The fourth-order valence-corrected chi connectivity index (χ4v) is 2.27. The first-order valence-electron chi connectivity index (χ1n) is 6.70. The second-order valence-corrected chi connectivity index (χ2v) is 5.27. The van der Waals surface area contributed by atoms with Crippen molar-refractivity contribution in [3.8, 4) is 11.1 Å². The van der Waals surface area contributed by atoms with Crippen molar-refractivity contribution in [2.45, 2.75) is 12.8 Å². The number of ether oxygens (including phenoxy) is 1. The molecule has 0 atom stereocenters. The third-order valence-electron chi connectivity index (χ3n) is 2.99. The first kappa shape index (κ1) is 14.8. The van der Waals surface area contributed by atoms with Gasteiger partial charge in [-0.1, -0.05) is 58.4 Å². The highest BCUT2D eigenvalue weighted by atomic mass is 79.9. The van der Waals surface area contributed by atoms with E-state index in [2.05, 4.69) is 15.9 Å². The van der Waals surface area contributed by atoms with Gasteiger partial charge in [-0.3, -0.25) is 0 Å². The predicted molar refractivity (Wildman–Crippen MR) is 85.2 cm³/mol. The maximum Gasteiger partial charge on any atom is 0.338 e. The van der Waals surface area contributed by atoms with Crippen molar-refractivity contribution < 1.29 is 9.53 Å². The molecule has 3 heteroatoms. The van der Waals surface area contributed by atoms with Crippen LogP contribution in [0.2, 0.25) is 0 Å². The van der Waals surface area contributed by atoms with E-state index in [0.717, 1.165) is 29.3 Å². The number of halogens is 1. The Morgan fingerprint density at radius 2 is 1.55 bits per heavy atom. The van der Waals surface area contributed by atoms with Crippen molar-refractivity contribution in [3.63, 3.8) is 0 Å². The van der Waals surface area contributed by atoms with Gasteiger partial charge in [0.05, 0.1) is 12.2 Å². The SMILES string of the molecule is O=C(OCCCCBr)c1ccc(-c2ccccc2)cc1. The molecule has 0 aliphatic carbocycles. The van der Waals surface area contributed by atoms with E-state index in [9.17, 15) is 4.79 Å². The van der Waals surface area contributed by atoms with Crippen LogP contribution in [0.1, 0.15) is 23.2 Å². The molecule has 0 N–H and O–H groups in total. The molecule has 2 aromatic carbocycles. The molecule has 0 spiro atoms. The van der Waals surface area contributed by atoms with Crippen LogP contribution >= 0.6 is 15.9 Å². The van der Waals surface area contributed by atoms with Gasteiger partial charge in [-0.25, -0.2) is 4.79 Å². The van der Waals surface area contributed by atoms with Crippen molar-refractivity contribution in [1.29, 1.82) is 0 Å². The zero-order valence-corrected chi connectivity index (χ0v) is 12.8. The Kier molecular flexibility index (Phi) is 5.81. The van der Waals surface area contributed by atoms with Crippen LogP contribution in [0.4, 0.5) is 0 Å². The molecule has 0 radical (unpaired) electrons. The molecule has 104 valence electrons. The molecular formula is C17H17BrO2. The van der Waals surface area contributed by atoms with E-state index in [1.54, 1.807) is 0 Å². The highest BCUT2D eigenvalue weighted by Crippen LogP contribution is 2.19. The molecule has 0 fully saturated rings. The fourth-order valence-electron chi connectivity index (χ4n) is 1.87. The molecule has 2 rings (SSSR count). The van der Waals surface area contributed by atoms with Crippen molar-refractivity contribution in [1.82, 2.24) is 0 Å². The molecule has 0 saturated heterocycles. The maximum absolute atomic E-state index is 11.8. The quantitative estimate of drug-likeness (QED) is 0.436. The van der Waals surface area contributed by atoms with Crippen molar-refractivity contribution in [2.75, 3.05) is 11.9 Å². The molecule has 0 bridgehead atoms. The highest BCUT2D eigenvalue weighted by molar-refractivity contribution is 9.09. The lowest BCUT2D eigenvalue weighted by Crippen LogP contribution is -2.06. The van der Waals surface area contributed by atoms with Gasteiger partial charge >= 0.3 is 5.97 Å². The minimum atomic E-state index is -0.251. The van der Waals surface area contributed by atoms with Gasteiger partial charge in [0.15, 0.2) is 0 Å². The number of rotatable bonds is 6. The van der Waals surface area contributed by atoms with Gasteiger partial charge in [-0.2, -0.15) is 0 Å². The summed E-state index contributed by atoms with van der Waals surface area (Å²) >= 11 is 3.35. The summed E-state index contributed by atoms with van der Waals surface area (Å²) in [4.78, 5) is 11.8. The average molecular weight is 333 g/mol. The molecule has 0 amide bonds. The van der Waals surface area contributed by atoms with Crippen molar-refractivity contribution in [2.24, 2.45) is 0 Å². The van der Waals surface area contributed by atoms with E-state index < -0.39 is 0 Å². The van der Waals surface area contributed by atoms with E-state index >= 15 is 0 Å². The van der Waals surface area contributed by atoms with Gasteiger partial charge in [0.1, 0.15) is 0 Å². The topological polar surface area (TPSA) is 26.3 Å². The summed E-state index contributed by atoms with van der Waals surface area (Å²) in [6.45, 7) is 0.477. The lowest BCUT2D eigenvalue weighted by atomic mass is 10.0. The monoisotopic (exact) mass is 332 g/mol. The molecule has 0 aromatic heterocycles. The van der Waals surface area contributed by atoms with Crippen molar-refractivity contribution >= 4 is 21.9 Å². The van der Waals surface area contributed by atoms with Crippen LogP contribution in [0.3, 0.4) is 0 Å². The normalized spacial score (nSPS) is 10.2. The van der Waals surface area contributed by atoms with Crippen LogP contribution in [-0.2, 0) is 4.74 Å². The van der Waals surface area contributed by atoms with Crippen LogP contribution in [-0.4, -0.2) is 17.9 Å². The van der Waals surface area contributed by atoms with Crippen LogP contribution in [0.25, 0.3) is 11.1 Å². The summed E-state index contributed by atoms with van der Waals surface area (Å²) in [6, 6.07) is 17.6. The van der Waals surface area contributed by atoms with Crippen LogP contribution in [0.15, 0.2) is 54.6 Å². The van der Waals surface area contributed by atoms with Crippen molar-refractivity contribution in [3.05, 3.63) is 60.2 Å². The van der Waals surface area contributed by atoms with Gasteiger partial charge in [-0.05, 0) is 36.1 Å². The first-order chi connectivity index (χ1) is 9.81. The zero-order chi connectivity index (χ0) is 14.2. The Labute approximate surface area is 127 Å². The van der Waals surface area contributed by atoms with Gasteiger partial charge in [0, 0.05) is 5.33 Å². The summed E-state index contributed by atoms with van der Waals surface area (Å²) < 4.78 is 5.22. The molecule has 0 aliphatic rings. The smallest absolute Gasteiger partial charge is 0.338 e. The number of carbonyl (C=O) groups excluding carboxylic acids is 1. The van der Waals surface area contributed by atoms with E-state index in [-0.39, 0.29) is 5.97 Å². The van der Waals surface area contributed by atoms with Gasteiger partial charge < -0.3 is 4.74 Å². The fraction of sp³-hybridized carbons (Fsp3) is 0.235. The third kappa shape index (κ3) is 4.20. The summed E-state index contributed by atoms with van der Waals surface area (Å²) in [7, 11) is 0. The first-order valence-corrected chi connectivity index (χ1v) is 7.82. The number of esters is 1. The summed E-state index contributed by atoms with van der Waals surface area (Å²) in [5.74, 6) is -0.251. The zero-order valence-electron chi connectivity index (χ0n) is 11.2. The molecule has 2 aromatic rings. The van der Waals surface area contributed by atoms with Gasteiger partial charge in [0.2, 0.25) is 0 Å². The second kappa shape index (κ2) is 7.85. The largest absolute Gasteiger partial charge is 0.462 e. The number of hydrogen-bond acceptors (Lipinski definition) is 2. The lowest BCUT2D eigenvalue weighted by Gasteiger charge is -2.05. The summed E-state index contributed by atoms with van der Waals surface area (Å²) in [5, 5.41) is 0.941. The minimum absolute atomic E-state index is 0.251. The molecule has 0 unspecified atom stereocenters. The Balaban J connectivity index is 1.96. The third-order valence-corrected chi connectivity index (χ3v) is 3.55. The molecule has 0 aliphatic heterocycles. The average Bonchev–Trinajstić information content (AvgIpc) is 2.52. The number of unbranched alkanes of at least 4 members (excludes halogenated alkanes) is 1. The molecule has 0 heterocycles. The Morgan fingerprint density at radius 3 is 2.20 bits per heavy atom. The molecule has 2 nitrogen and oxygen atoms in total. The number of alkyl halides is 1. The van der Waals surface area contributed by atoms with Crippen LogP contribution in [0, 0.1) is 0 Å². The van der Waals surface area contributed by atoms with E-state index in [4.69, 9.17) is 4.74 Å². The maximum atomic E-state index is 11.8. The predicted octanol–water partition coefficient (Wildman–Crippen LogP) is 4.69. The number of benzene rings is 2. The highest BCUT2D eigenvalue weighted by Gasteiger charge is 2.06. The van der Waals surface area contributed by atoms with E-state index in [1.807, 2.05) is 54.6 Å². The Hall–Kier alpha value is -1.61. The molecular weight excluding hydrogens is 316 g/mol. The van der Waals surface area contributed by atoms with E-state index in [1.165, 1.54) is 0 Å². The lowest BCUT2D eigenvalue weighted by molar-refractivity contribution is 0.0500.